The third-order valence-corrected chi connectivity index (χ3v) is 3.37. The second kappa shape index (κ2) is 7.22. The Morgan fingerprint density at radius 3 is 2.72 bits per heavy atom. The number of nitrogens with zero attached hydrogens (tertiary/aromatic N) is 3. The van der Waals surface area contributed by atoms with Crippen LogP contribution in [0.5, 0.6) is 0 Å². The summed E-state index contributed by atoms with van der Waals surface area (Å²) in [5.74, 6) is -0.382. The lowest BCUT2D eigenvalue weighted by atomic mass is 10.2. The fraction of sp³-hybridized carbons (Fsp3) is 0. The molecule has 25 heavy (non-hydrogen) atoms. The van der Waals surface area contributed by atoms with Gasteiger partial charge in [-0.3, -0.25) is 14.9 Å². The molecule has 1 heterocycles. The standard InChI is InChI=1S/C18H14N4O3/c23-18(20-15-5-4-8-17(11-15)22(24)25)10-9-14-12-19-21(13-14)16-6-2-1-3-7-16/h1-13H,(H,20,23)/b10-9+. The number of nitro benzene ring substituents is 1. The highest BCUT2D eigenvalue weighted by Crippen LogP contribution is 2.17. The number of benzene rings is 2. The number of non-ortho nitro benzene ring substituents is 1. The van der Waals surface area contributed by atoms with E-state index in [4.69, 9.17) is 0 Å². The SMILES string of the molecule is O=C(/C=C/c1cnn(-c2ccccc2)c1)Nc1cccc([N+](=O)[O-])c1. The minimum absolute atomic E-state index is 0.0779. The van der Waals surface area contributed by atoms with Crippen molar-refractivity contribution in [3.05, 3.63) is 88.7 Å². The van der Waals surface area contributed by atoms with Crippen molar-refractivity contribution in [2.45, 2.75) is 0 Å². The van der Waals surface area contributed by atoms with E-state index in [2.05, 4.69) is 10.4 Å². The van der Waals surface area contributed by atoms with Crippen LogP contribution in [0.4, 0.5) is 11.4 Å². The van der Waals surface area contributed by atoms with E-state index < -0.39 is 4.92 Å². The van der Waals surface area contributed by atoms with E-state index >= 15 is 0 Å². The molecule has 7 nitrogen and oxygen atoms in total. The fourth-order valence-corrected chi connectivity index (χ4v) is 2.20. The molecule has 0 aliphatic rings. The lowest BCUT2D eigenvalue weighted by Crippen LogP contribution is -2.07. The number of aromatic nitrogens is 2. The van der Waals surface area contributed by atoms with Gasteiger partial charge < -0.3 is 5.32 Å². The van der Waals surface area contributed by atoms with Gasteiger partial charge in [0.05, 0.1) is 16.8 Å². The van der Waals surface area contributed by atoms with E-state index in [0.29, 0.717) is 5.69 Å². The lowest BCUT2D eigenvalue weighted by Gasteiger charge is -2.01. The maximum atomic E-state index is 11.9. The topological polar surface area (TPSA) is 90.1 Å². The smallest absolute Gasteiger partial charge is 0.271 e. The summed E-state index contributed by atoms with van der Waals surface area (Å²) in [6.07, 6.45) is 6.42. The highest BCUT2D eigenvalue weighted by molar-refractivity contribution is 6.02. The Balaban J connectivity index is 1.66. The quantitative estimate of drug-likeness (QED) is 0.440. The van der Waals surface area contributed by atoms with Crippen LogP contribution in [0.1, 0.15) is 5.56 Å². The molecular weight excluding hydrogens is 320 g/mol. The number of anilines is 1. The van der Waals surface area contributed by atoms with Crippen LogP contribution < -0.4 is 5.32 Å². The molecule has 0 atom stereocenters. The van der Waals surface area contributed by atoms with Gasteiger partial charge in [0.2, 0.25) is 5.91 Å². The van der Waals surface area contributed by atoms with Crippen molar-refractivity contribution in [2.75, 3.05) is 5.32 Å². The van der Waals surface area contributed by atoms with Crippen LogP contribution in [0.25, 0.3) is 11.8 Å². The molecule has 1 N–H and O–H groups in total. The van der Waals surface area contributed by atoms with E-state index in [1.165, 1.54) is 24.3 Å². The average Bonchev–Trinajstić information content (AvgIpc) is 3.10. The van der Waals surface area contributed by atoms with E-state index in [-0.39, 0.29) is 11.6 Å². The van der Waals surface area contributed by atoms with Gasteiger partial charge in [-0.15, -0.1) is 0 Å². The Morgan fingerprint density at radius 1 is 1.16 bits per heavy atom. The summed E-state index contributed by atoms with van der Waals surface area (Å²) >= 11 is 0. The number of carbonyl (C=O) groups is 1. The Kier molecular flexibility index (Phi) is 4.66. The number of hydrogen-bond acceptors (Lipinski definition) is 4. The summed E-state index contributed by atoms with van der Waals surface area (Å²) in [6, 6.07) is 15.4. The molecule has 0 bridgehead atoms. The summed E-state index contributed by atoms with van der Waals surface area (Å²) < 4.78 is 1.71. The first kappa shape index (κ1) is 16.1. The van der Waals surface area contributed by atoms with Crippen LogP contribution in [-0.4, -0.2) is 20.6 Å². The van der Waals surface area contributed by atoms with E-state index in [0.717, 1.165) is 11.3 Å². The second-order valence-electron chi connectivity index (χ2n) is 5.18. The summed E-state index contributed by atoms with van der Waals surface area (Å²) in [5.41, 5.74) is 1.97. The van der Waals surface area contributed by atoms with Crippen LogP contribution in [0.15, 0.2) is 73.1 Å². The zero-order valence-electron chi connectivity index (χ0n) is 13.1. The van der Waals surface area contributed by atoms with Crippen LogP contribution in [0.3, 0.4) is 0 Å². The van der Waals surface area contributed by atoms with Crippen LogP contribution in [0, 0.1) is 10.1 Å². The molecule has 0 fully saturated rings. The predicted molar refractivity (Wildman–Crippen MR) is 94.3 cm³/mol. The minimum atomic E-state index is -0.510. The number of amides is 1. The van der Waals surface area contributed by atoms with Crippen molar-refractivity contribution in [3.8, 4) is 5.69 Å². The maximum Gasteiger partial charge on any atom is 0.271 e. The molecule has 0 aliphatic heterocycles. The van der Waals surface area contributed by atoms with Crippen LogP contribution in [0.2, 0.25) is 0 Å². The molecule has 3 rings (SSSR count). The molecular formula is C18H14N4O3. The molecule has 0 unspecified atom stereocenters. The van der Waals surface area contributed by atoms with Gasteiger partial charge in [-0.2, -0.15) is 5.10 Å². The number of rotatable bonds is 5. The van der Waals surface area contributed by atoms with Crippen LogP contribution in [-0.2, 0) is 4.79 Å². The van der Waals surface area contributed by atoms with E-state index in [1.807, 2.05) is 30.3 Å². The number of hydrogen-bond donors (Lipinski definition) is 1. The summed E-state index contributed by atoms with van der Waals surface area (Å²) in [6.45, 7) is 0. The Morgan fingerprint density at radius 2 is 1.96 bits per heavy atom. The summed E-state index contributed by atoms with van der Waals surface area (Å²) in [5, 5.41) is 17.6. The third-order valence-electron chi connectivity index (χ3n) is 3.37. The first-order chi connectivity index (χ1) is 12.1. The molecule has 1 amide bonds. The largest absolute Gasteiger partial charge is 0.322 e. The lowest BCUT2D eigenvalue weighted by molar-refractivity contribution is -0.384. The average molecular weight is 334 g/mol. The van der Waals surface area contributed by atoms with Crippen LogP contribution >= 0.6 is 0 Å². The van der Waals surface area contributed by atoms with Gasteiger partial charge in [-0.25, -0.2) is 4.68 Å². The normalized spacial score (nSPS) is 10.7. The molecule has 1 aromatic heterocycles. The first-order valence-electron chi connectivity index (χ1n) is 7.45. The van der Waals surface area contributed by atoms with Crippen molar-refractivity contribution in [1.29, 1.82) is 0 Å². The molecule has 2 aromatic carbocycles. The Labute approximate surface area is 143 Å². The monoisotopic (exact) mass is 334 g/mol. The fourth-order valence-electron chi connectivity index (χ4n) is 2.20. The van der Waals surface area contributed by atoms with E-state index in [1.54, 1.807) is 29.2 Å². The molecule has 124 valence electrons. The minimum Gasteiger partial charge on any atom is -0.322 e. The number of nitro groups is 1. The molecule has 0 saturated carbocycles. The van der Waals surface area contributed by atoms with Gasteiger partial charge in [0.1, 0.15) is 0 Å². The van der Waals surface area contributed by atoms with Gasteiger partial charge >= 0.3 is 0 Å². The molecule has 0 radical (unpaired) electrons. The molecule has 3 aromatic rings. The maximum absolute atomic E-state index is 11.9. The number of para-hydroxylation sites is 1. The molecule has 0 saturated heterocycles. The predicted octanol–water partition coefficient (Wildman–Crippen LogP) is 3.43. The Hall–Kier alpha value is -3.74. The van der Waals surface area contributed by atoms with E-state index in [9.17, 15) is 14.9 Å². The summed E-state index contributed by atoms with van der Waals surface area (Å²) in [4.78, 5) is 22.2. The molecule has 0 spiro atoms. The van der Waals surface area contributed by atoms with Gasteiger partial charge in [0.15, 0.2) is 0 Å². The first-order valence-corrected chi connectivity index (χ1v) is 7.45. The Bertz CT molecular complexity index is 932. The van der Waals surface area contributed by atoms with Gasteiger partial charge in [-0.1, -0.05) is 24.3 Å². The van der Waals surface area contributed by atoms with Gasteiger partial charge in [0.25, 0.3) is 5.69 Å². The van der Waals surface area contributed by atoms with Crippen molar-refractivity contribution < 1.29 is 9.72 Å². The van der Waals surface area contributed by atoms with Crippen molar-refractivity contribution in [1.82, 2.24) is 9.78 Å². The van der Waals surface area contributed by atoms with Gasteiger partial charge in [-0.05, 0) is 24.3 Å². The third kappa shape index (κ3) is 4.17. The zero-order valence-corrected chi connectivity index (χ0v) is 13.1. The second-order valence-corrected chi connectivity index (χ2v) is 5.18. The van der Waals surface area contributed by atoms with Gasteiger partial charge in [0, 0.05) is 35.7 Å². The van der Waals surface area contributed by atoms with Crippen molar-refractivity contribution >= 4 is 23.4 Å². The molecule has 0 aliphatic carbocycles. The van der Waals surface area contributed by atoms with Crippen molar-refractivity contribution in [2.24, 2.45) is 0 Å². The number of nitrogens with one attached hydrogen (secondary N) is 1. The van der Waals surface area contributed by atoms with Crippen molar-refractivity contribution in [3.63, 3.8) is 0 Å². The highest BCUT2D eigenvalue weighted by atomic mass is 16.6. The zero-order chi connectivity index (χ0) is 17.6. The molecule has 7 heteroatoms. The number of carbonyl (C=O) groups excluding carboxylic acids is 1. The summed E-state index contributed by atoms with van der Waals surface area (Å²) in [7, 11) is 0. The highest BCUT2D eigenvalue weighted by Gasteiger charge is 2.06.